The molecule has 0 radical (unpaired) electrons. The average Bonchev–Trinajstić information content (AvgIpc) is 3.27. The van der Waals surface area contributed by atoms with Gasteiger partial charge in [-0.05, 0) is 63.1 Å². The van der Waals surface area contributed by atoms with Gasteiger partial charge in [0, 0.05) is 18.2 Å². The van der Waals surface area contributed by atoms with E-state index in [9.17, 15) is 0 Å². The van der Waals surface area contributed by atoms with E-state index in [2.05, 4.69) is 15.6 Å². The summed E-state index contributed by atoms with van der Waals surface area (Å²) in [5.41, 5.74) is 7.96. The van der Waals surface area contributed by atoms with E-state index in [-0.39, 0.29) is 0 Å². The first-order chi connectivity index (χ1) is 9.86. The van der Waals surface area contributed by atoms with Crippen LogP contribution in [0.2, 0.25) is 0 Å². The zero-order valence-electron chi connectivity index (χ0n) is 11.8. The van der Waals surface area contributed by atoms with Crippen molar-refractivity contribution in [3.05, 3.63) is 24.2 Å². The highest BCUT2D eigenvalue weighted by molar-refractivity contribution is 5.71. The Balaban J connectivity index is 1.70. The maximum Gasteiger partial charge on any atom is 0.160 e. The molecule has 0 atom stereocenters. The quantitative estimate of drug-likeness (QED) is 0.932. The number of aromatic nitrogens is 3. The lowest BCUT2D eigenvalue weighted by molar-refractivity contribution is 0.321. The monoisotopic (exact) mass is 270 g/mol. The molecule has 20 heavy (non-hydrogen) atoms. The highest BCUT2D eigenvalue weighted by Crippen LogP contribution is 2.43. The summed E-state index contributed by atoms with van der Waals surface area (Å²) in [5, 5.41) is 0. The fourth-order valence-electron chi connectivity index (χ4n) is 3.58. The van der Waals surface area contributed by atoms with Crippen LogP contribution in [0.5, 0.6) is 0 Å². The van der Waals surface area contributed by atoms with E-state index in [1.54, 1.807) is 0 Å². The molecule has 2 aliphatic carbocycles. The van der Waals surface area contributed by atoms with Crippen LogP contribution in [0.1, 0.15) is 56.3 Å². The van der Waals surface area contributed by atoms with Crippen molar-refractivity contribution in [1.82, 2.24) is 14.5 Å². The highest BCUT2D eigenvalue weighted by Gasteiger charge is 2.33. The lowest BCUT2D eigenvalue weighted by Gasteiger charge is -2.27. The number of nitrogens with zero attached hydrogens (tertiary/aromatic N) is 3. The second-order valence-electron chi connectivity index (χ2n) is 6.37. The zero-order chi connectivity index (χ0) is 13.5. The smallest absolute Gasteiger partial charge is 0.160 e. The number of hydrogen-bond donors (Lipinski definition) is 1. The fraction of sp³-hybridized carbons (Fsp3) is 0.625. The Morgan fingerprint density at radius 1 is 1.15 bits per heavy atom. The van der Waals surface area contributed by atoms with Crippen LogP contribution in [0.15, 0.2) is 18.3 Å². The molecular weight excluding hydrogens is 248 g/mol. The predicted octanol–water partition coefficient (Wildman–Crippen LogP) is 3.00. The first-order valence-electron chi connectivity index (χ1n) is 7.89. The van der Waals surface area contributed by atoms with E-state index >= 15 is 0 Å². The molecule has 2 aliphatic rings. The van der Waals surface area contributed by atoms with E-state index in [0.717, 1.165) is 23.6 Å². The normalized spacial score (nSPS) is 27.1. The summed E-state index contributed by atoms with van der Waals surface area (Å²) in [6.07, 6.45) is 9.43. The van der Waals surface area contributed by atoms with Crippen molar-refractivity contribution in [2.75, 3.05) is 6.54 Å². The minimum atomic E-state index is 0.604. The minimum Gasteiger partial charge on any atom is -0.330 e. The van der Waals surface area contributed by atoms with Gasteiger partial charge in [-0.2, -0.15) is 0 Å². The number of hydrogen-bond acceptors (Lipinski definition) is 3. The molecule has 4 nitrogen and oxygen atoms in total. The molecule has 2 aromatic rings. The molecule has 2 N–H and O–H groups in total. The molecule has 4 heteroatoms. The van der Waals surface area contributed by atoms with Crippen molar-refractivity contribution in [1.29, 1.82) is 0 Å². The van der Waals surface area contributed by atoms with Crippen molar-refractivity contribution >= 4 is 11.2 Å². The summed E-state index contributed by atoms with van der Waals surface area (Å²) < 4.78 is 2.43. The summed E-state index contributed by atoms with van der Waals surface area (Å²) in [6, 6.07) is 4.73. The van der Waals surface area contributed by atoms with Gasteiger partial charge in [0.2, 0.25) is 0 Å². The molecule has 0 aliphatic heterocycles. The Bertz CT molecular complexity index is 606. The molecule has 4 rings (SSSR count). The van der Waals surface area contributed by atoms with Gasteiger partial charge in [0.25, 0.3) is 0 Å². The Kier molecular flexibility index (Phi) is 2.99. The van der Waals surface area contributed by atoms with Gasteiger partial charge in [-0.15, -0.1) is 0 Å². The van der Waals surface area contributed by atoms with Gasteiger partial charge in [-0.1, -0.05) is 0 Å². The molecule has 0 amide bonds. The second-order valence-corrected chi connectivity index (χ2v) is 6.37. The molecule has 0 saturated heterocycles. The van der Waals surface area contributed by atoms with Crippen molar-refractivity contribution < 1.29 is 0 Å². The molecule has 0 spiro atoms. The topological polar surface area (TPSA) is 56.7 Å². The average molecular weight is 270 g/mol. The molecule has 0 bridgehead atoms. The van der Waals surface area contributed by atoms with Gasteiger partial charge in [0.1, 0.15) is 11.3 Å². The van der Waals surface area contributed by atoms with Gasteiger partial charge in [-0.3, -0.25) is 0 Å². The van der Waals surface area contributed by atoms with Crippen LogP contribution in [0.25, 0.3) is 11.2 Å². The van der Waals surface area contributed by atoms with Crippen LogP contribution in [0.4, 0.5) is 0 Å². The molecule has 2 aromatic heterocycles. The van der Waals surface area contributed by atoms with E-state index in [4.69, 9.17) is 10.7 Å². The van der Waals surface area contributed by atoms with E-state index in [0.29, 0.717) is 12.0 Å². The van der Waals surface area contributed by atoms with Crippen molar-refractivity contribution in [2.24, 2.45) is 11.7 Å². The van der Waals surface area contributed by atoms with Crippen LogP contribution >= 0.6 is 0 Å². The largest absolute Gasteiger partial charge is 0.330 e. The van der Waals surface area contributed by atoms with Crippen LogP contribution in [-0.4, -0.2) is 21.1 Å². The standard InChI is InChI=1S/C16H22N4/c17-10-11-3-5-12(6-4-11)15-19-14-2-1-9-18-16(14)20(15)13-7-8-13/h1-2,9,11-13H,3-8,10,17H2. The zero-order valence-corrected chi connectivity index (χ0v) is 11.8. The summed E-state index contributed by atoms with van der Waals surface area (Å²) in [5.74, 6) is 2.62. The number of imidazole rings is 1. The van der Waals surface area contributed by atoms with Gasteiger partial charge in [0.05, 0.1) is 0 Å². The summed E-state index contributed by atoms with van der Waals surface area (Å²) in [4.78, 5) is 9.49. The maximum absolute atomic E-state index is 5.81. The van der Waals surface area contributed by atoms with Crippen LogP contribution in [-0.2, 0) is 0 Å². The van der Waals surface area contributed by atoms with Gasteiger partial charge >= 0.3 is 0 Å². The lowest BCUT2D eigenvalue weighted by atomic mass is 9.81. The lowest BCUT2D eigenvalue weighted by Crippen LogP contribution is -2.22. The van der Waals surface area contributed by atoms with Gasteiger partial charge in [0.15, 0.2) is 5.65 Å². The van der Waals surface area contributed by atoms with Gasteiger partial charge in [-0.25, -0.2) is 9.97 Å². The molecule has 0 aromatic carbocycles. The summed E-state index contributed by atoms with van der Waals surface area (Å²) in [6.45, 7) is 0.841. The minimum absolute atomic E-state index is 0.604. The fourth-order valence-corrected chi connectivity index (χ4v) is 3.58. The van der Waals surface area contributed by atoms with E-state index in [1.807, 2.05) is 12.3 Å². The first-order valence-corrected chi connectivity index (χ1v) is 7.89. The third kappa shape index (κ3) is 2.03. The van der Waals surface area contributed by atoms with Crippen molar-refractivity contribution in [2.45, 2.75) is 50.5 Å². The number of rotatable bonds is 3. The molecule has 2 fully saturated rings. The second kappa shape index (κ2) is 4.85. The van der Waals surface area contributed by atoms with Crippen LogP contribution in [0.3, 0.4) is 0 Å². The van der Waals surface area contributed by atoms with E-state index in [1.165, 1.54) is 44.3 Å². The van der Waals surface area contributed by atoms with Crippen molar-refractivity contribution in [3.8, 4) is 0 Å². The molecule has 0 unspecified atom stereocenters. The maximum atomic E-state index is 5.81. The number of fused-ring (bicyclic) bond motifs is 1. The third-order valence-corrected chi connectivity index (χ3v) is 4.93. The predicted molar refractivity (Wildman–Crippen MR) is 79.6 cm³/mol. The number of nitrogens with two attached hydrogens (primary N) is 1. The molecular formula is C16H22N4. The molecule has 106 valence electrons. The molecule has 2 saturated carbocycles. The Hall–Kier alpha value is -1.42. The number of pyridine rings is 1. The van der Waals surface area contributed by atoms with Crippen LogP contribution < -0.4 is 5.73 Å². The van der Waals surface area contributed by atoms with E-state index < -0.39 is 0 Å². The van der Waals surface area contributed by atoms with Crippen molar-refractivity contribution in [3.63, 3.8) is 0 Å². The Morgan fingerprint density at radius 2 is 1.95 bits per heavy atom. The Labute approximate surface area is 119 Å². The third-order valence-electron chi connectivity index (χ3n) is 4.93. The SMILES string of the molecule is NCC1CCC(c2nc3cccnc3n2C2CC2)CC1. The first kappa shape index (κ1) is 12.3. The van der Waals surface area contributed by atoms with Gasteiger partial charge < -0.3 is 10.3 Å². The summed E-state index contributed by atoms with van der Waals surface area (Å²) >= 11 is 0. The van der Waals surface area contributed by atoms with Crippen LogP contribution in [0, 0.1) is 5.92 Å². The summed E-state index contributed by atoms with van der Waals surface area (Å²) in [7, 11) is 0. The highest BCUT2D eigenvalue weighted by atomic mass is 15.2. The Morgan fingerprint density at radius 3 is 2.65 bits per heavy atom. The molecule has 2 heterocycles.